The van der Waals surface area contributed by atoms with E-state index in [-0.39, 0.29) is 30.2 Å². The molecule has 43 heavy (non-hydrogen) atoms. The van der Waals surface area contributed by atoms with Gasteiger partial charge < -0.3 is 29.2 Å². The van der Waals surface area contributed by atoms with Gasteiger partial charge in [0.2, 0.25) is 11.8 Å². The van der Waals surface area contributed by atoms with Crippen LogP contribution in [0.2, 0.25) is 0 Å². The number of alkyl halides is 2. The van der Waals surface area contributed by atoms with Crippen LogP contribution in [0.1, 0.15) is 71.9 Å². The average molecular weight is 603 g/mol. The van der Waals surface area contributed by atoms with Crippen LogP contribution in [0.3, 0.4) is 0 Å². The molecule has 6 atom stereocenters. The van der Waals surface area contributed by atoms with E-state index < -0.39 is 42.2 Å². The van der Waals surface area contributed by atoms with Crippen molar-refractivity contribution in [1.82, 2.24) is 20.2 Å². The third kappa shape index (κ3) is 6.99. The molecule has 1 N–H and O–H groups in total. The molecule has 2 amide bonds. The summed E-state index contributed by atoms with van der Waals surface area (Å²) in [6.45, 7) is 4.59. The monoisotopic (exact) mass is 602 g/mol. The third-order valence-corrected chi connectivity index (χ3v) is 8.69. The molecule has 3 heterocycles. The van der Waals surface area contributed by atoms with Crippen molar-refractivity contribution in [2.45, 2.75) is 104 Å². The van der Waals surface area contributed by atoms with E-state index in [9.17, 15) is 23.2 Å². The largest absolute Gasteiger partial charge is 0.471 e. The first-order valence-corrected chi connectivity index (χ1v) is 15.1. The lowest BCUT2D eigenvalue weighted by Gasteiger charge is -2.34. The molecule has 5 rings (SSSR count). The molecule has 3 aliphatic rings. The lowest BCUT2D eigenvalue weighted by atomic mass is 9.85. The van der Waals surface area contributed by atoms with E-state index >= 15 is 0 Å². The number of nitrogens with zero attached hydrogens (tertiary/aromatic N) is 3. The fourth-order valence-corrected chi connectivity index (χ4v) is 6.22. The topological polar surface area (TPSA) is 120 Å². The van der Waals surface area contributed by atoms with Gasteiger partial charge in [-0.2, -0.15) is 8.78 Å². The number of aldehydes is 1. The molecule has 0 unspecified atom stereocenters. The quantitative estimate of drug-likeness (QED) is 0.483. The van der Waals surface area contributed by atoms with E-state index in [0.717, 1.165) is 38.4 Å². The van der Waals surface area contributed by atoms with Crippen LogP contribution in [-0.4, -0.2) is 70.6 Å². The molecule has 2 fully saturated rings. The van der Waals surface area contributed by atoms with Crippen molar-refractivity contribution >= 4 is 29.3 Å². The fraction of sp³-hybridized carbons (Fsp3) is 0.645. The molecule has 12 heteroatoms. The van der Waals surface area contributed by atoms with Crippen molar-refractivity contribution < 1.29 is 37.4 Å². The van der Waals surface area contributed by atoms with E-state index in [0.29, 0.717) is 35.5 Å². The zero-order valence-corrected chi connectivity index (χ0v) is 25.1. The minimum atomic E-state index is -2.98. The number of halogens is 2. The summed E-state index contributed by atoms with van der Waals surface area (Å²) in [6.07, 6.45) is 4.92. The minimum Gasteiger partial charge on any atom is -0.471 e. The Kier molecular flexibility index (Phi) is 9.03. The predicted molar refractivity (Wildman–Crippen MR) is 153 cm³/mol. The van der Waals surface area contributed by atoms with Gasteiger partial charge >= 0.3 is 12.7 Å². The molecule has 2 aromatic rings. The number of fused-ring (bicyclic) bond motifs is 5. The number of aryl methyl sites for hydroxylation is 1. The molecule has 0 spiro atoms. The van der Waals surface area contributed by atoms with Crippen molar-refractivity contribution in [3.63, 3.8) is 0 Å². The Labute approximate surface area is 249 Å². The number of carbonyl (C=O) groups excluding carboxylic acids is 3. The van der Waals surface area contributed by atoms with Crippen molar-refractivity contribution in [1.29, 1.82) is 0 Å². The smallest absolute Gasteiger partial charge is 0.408 e. The highest BCUT2D eigenvalue weighted by atomic mass is 19.3. The summed E-state index contributed by atoms with van der Waals surface area (Å²) >= 11 is 0. The second-order valence-electron chi connectivity index (χ2n) is 12.8. The molecule has 1 aliphatic carbocycles. The van der Waals surface area contributed by atoms with Crippen LogP contribution in [0.25, 0.3) is 11.0 Å². The van der Waals surface area contributed by atoms with Crippen LogP contribution in [0.4, 0.5) is 13.6 Å². The highest BCUT2D eigenvalue weighted by Crippen LogP contribution is 2.39. The Morgan fingerprint density at radius 2 is 1.91 bits per heavy atom. The number of amides is 2. The van der Waals surface area contributed by atoms with Gasteiger partial charge in [0.15, 0.2) is 0 Å². The van der Waals surface area contributed by atoms with Crippen molar-refractivity contribution in [2.24, 2.45) is 17.3 Å². The highest BCUT2D eigenvalue weighted by Gasteiger charge is 2.49. The van der Waals surface area contributed by atoms with E-state index in [4.69, 9.17) is 14.5 Å². The SMILES string of the molecule is CC[C@@H]1[C@@H]2CN(C(=O)[C@H](C(C)(C)C)NC(=O)O[C@@H]3C[C@H]3CCCCCc3nc4ccc(OC(F)F)cc4nc3O2)[C@@H]1C=O. The van der Waals surface area contributed by atoms with Gasteiger partial charge in [-0.05, 0) is 55.6 Å². The lowest BCUT2D eigenvalue weighted by molar-refractivity contribution is -0.139. The number of alkyl carbamates (subject to hydrolysis) is 1. The number of ether oxygens (including phenoxy) is 3. The minimum absolute atomic E-state index is 0.0420. The van der Waals surface area contributed by atoms with E-state index in [2.05, 4.69) is 15.0 Å². The number of hydrogen-bond acceptors (Lipinski definition) is 8. The van der Waals surface area contributed by atoms with Crippen molar-refractivity contribution in [2.75, 3.05) is 6.54 Å². The second kappa shape index (κ2) is 12.6. The molecule has 0 radical (unpaired) electrons. The van der Waals surface area contributed by atoms with Gasteiger partial charge in [-0.25, -0.2) is 14.8 Å². The Morgan fingerprint density at radius 3 is 2.60 bits per heavy atom. The first-order valence-electron chi connectivity index (χ1n) is 15.1. The van der Waals surface area contributed by atoms with E-state index in [1.54, 1.807) is 6.07 Å². The van der Waals surface area contributed by atoms with Crippen molar-refractivity contribution in [3.8, 4) is 11.6 Å². The Morgan fingerprint density at radius 1 is 1.12 bits per heavy atom. The number of benzene rings is 1. The third-order valence-electron chi connectivity index (χ3n) is 8.69. The molecule has 1 saturated heterocycles. The van der Waals surface area contributed by atoms with Gasteiger partial charge in [-0.15, -0.1) is 0 Å². The van der Waals surface area contributed by atoms with Gasteiger partial charge in [-0.3, -0.25) is 4.79 Å². The summed E-state index contributed by atoms with van der Waals surface area (Å²) in [7, 11) is 0. The summed E-state index contributed by atoms with van der Waals surface area (Å²) < 4.78 is 42.4. The Hall–Kier alpha value is -3.57. The van der Waals surface area contributed by atoms with E-state index in [1.807, 2.05) is 27.7 Å². The molecule has 1 aromatic heterocycles. The van der Waals surface area contributed by atoms with Crippen LogP contribution in [0, 0.1) is 17.3 Å². The molecule has 234 valence electrons. The van der Waals surface area contributed by atoms with Crippen LogP contribution in [-0.2, 0) is 20.7 Å². The van der Waals surface area contributed by atoms with Crippen molar-refractivity contribution in [3.05, 3.63) is 23.9 Å². The number of carbonyl (C=O) groups is 3. The molecule has 1 aromatic carbocycles. The maximum absolute atomic E-state index is 14.0. The summed E-state index contributed by atoms with van der Waals surface area (Å²) in [5.74, 6) is -0.233. The first-order chi connectivity index (χ1) is 20.5. The summed E-state index contributed by atoms with van der Waals surface area (Å²) in [5.41, 5.74) is 0.822. The van der Waals surface area contributed by atoms with Crippen LogP contribution < -0.4 is 14.8 Å². The Balaban J connectivity index is 1.51. The summed E-state index contributed by atoms with van der Waals surface area (Å²) in [6, 6.07) is 2.71. The zero-order valence-electron chi connectivity index (χ0n) is 25.1. The van der Waals surface area contributed by atoms with Gasteiger partial charge in [0, 0.05) is 12.0 Å². The second-order valence-corrected chi connectivity index (χ2v) is 12.8. The normalized spacial score (nSPS) is 28.6. The van der Waals surface area contributed by atoms with Gasteiger partial charge in [0.05, 0.1) is 23.6 Å². The summed E-state index contributed by atoms with van der Waals surface area (Å²) in [4.78, 5) is 50.2. The average Bonchev–Trinajstić information content (AvgIpc) is 3.57. The van der Waals surface area contributed by atoms with Crippen LogP contribution in [0.15, 0.2) is 18.2 Å². The maximum atomic E-state index is 14.0. The van der Waals surface area contributed by atoms with Gasteiger partial charge in [0.25, 0.3) is 0 Å². The number of aromatic nitrogens is 2. The Bertz CT molecular complexity index is 1350. The molecular formula is C31H40F2N4O6. The van der Waals surface area contributed by atoms with Crippen LogP contribution in [0.5, 0.6) is 11.6 Å². The molecular weight excluding hydrogens is 562 g/mol. The molecule has 2 aliphatic heterocycles. The van der Waals surface area contributed by atoms with Gasteiger partial charge in [-0.1, -0.05) is 40.5 Å². The highest BCUT2D eigenvalue weighted by molar-refractivity contribution is 5.89. The number of hydrogen-bond donors (Lipinski definition) is 1. The predicted octanol–water partition coefficient (Wildman–Crippen LogP) is 5.06. The fourth-order valence-electron chi connectivity index (χ4n) is 6.22. The number of nitrogens with one attached hydrogen (secondary N) is 1. The first kappa shape index (κ1) is 30.9. The molecule has 1 saturated carbocycles. The summed E-state index contributed by atoms with van der Waals surface area (Å²) in [5, 5.41) is 2.79. The standard InChI is InChI=1S/C31H40F2N4O6/c1-5-19-23(16-38)37-15-25(19)42-27-21(34-20-12-11-18(41-29(32)33)14-22(20)35-27)10-8-6-7-9-17-13-24(17)43-30(40)36-26(28(37)39)31(2,3)4/h11-12,14,16-17,19,23-26,29H,5-10,13,15H2,1-4H3,(H,36,40)/t17-,19+,23-,24-,25+,26-/m1/s1. The van der Waals surface area contributed by atoms with E-state index in [1.165, 1.54) is 17.0 Å². The molecule has 2 bridgehead atoms. The molecule has 10 nitrogen and oxygen atoms in total. The maximum Gasteiger partial charge on any atom is 0.408 e. The van der Waals surface area contributed by atoms with Gasteiger partial charge in [0.1, 0.15) is 36.0 Å². The van der Waals surface area contributed by atoms with Crippen LogP contribution >= 0.6 is 0 Å². The lowest BCUT2D eigenvalue weighted by Crippen LogP contribution is -2.56. The number of rotatable bonds is 4. The zero-order chi connectivity index (χ0) is 30.9.